The van der Waals surface area contributed by atoms with Gasteiger partial charge in [-0.2, -0.15) is 0 Å². The van der Waals surface area contributed by atoms with Gasteiger partial charge in [0.2, 0.25) is 0 Å². The van der Waals surface area contributed by atoms with Crippen LogP contribution in [0.3, 0.4) is 0 Å². The van der Waals surface area contributed by atoms with Crippen LogP contribution in [0.2, 0.25) is 38.3 Å². The molecule has 1 aliphatic rings. The fourth-order valence-electron chi connectivity index (χ4n) is 6.36. The van der Waals surface area contributed by atoms with Gasteiger partial charge in [0.1, 0.15) is 6.61 Å². The maximum Gasteiger partial charge on any atom is 0.305 e. The highest BCUT2D eigenvalue weighted by Crippen LogP contribution is 2.44. The van der Waals surface area contributed by atoms with E-state index in [1.54, 1.807) is 0 Å². The zero-order valence-corrected chi connectivity index (χ0v) is 28.1. The van der Waals surface area contributed by atoms with E-state index >= 15 is 0 Å². The van der Waals surface area contributed by atoms with Crippen molar-refractivity contribution in [1.82, 2.24) is 15.0 Å². The summed E-state index contributed by atoms with van der Waals surface area (Å²) in [6.45, 7) is 10.6. The number of aromatic nitrogens is 3. The molecule has 8 heteroatoms. The molecule has 1 aromatic heterocycles. The monoisotopic (exact) mass is 611 g/mol. The van der Waals surface area contributed by atoms with Gasteiger partial charge >= 0.3 is 5.97 Å². The molecule has 0 bridgehead atoms. The van der Waals surface area contributed by atoms with E-state index in [0.29, 0.717) is 13.0 Å². The molecule has 226 valence electrons. The molecule has 0 N–H and O–H groups in total. The van der Waals surface area contributed by atoms with E-state index in [0.717, 1.165) is 50.0 Å². The lowest BCUT2D eigenvalue weighted by atomic mass is 9.98. The third-order valence-corrected chi connectivity index (χ3v) is 15.9. The Labute approximate surface area is 258 Å². The second-order valence-electron chi connectivity index (χ2n) is 13.0. The van der Waals surface area contributed by atoms with E-state index in [1.807, 2.05) is 10.7 Å². The van der Waals surface area contributed by atoms with E-state index in [1.165, 1.54) is 27.8 Å². The standard InChI is InChI=1S/C35H45N3O3Si2/c1-42(2,41-43(3,4)24-14-22-38-26-29(36-37-38)25-28-15-6-5-7-16-28)23-13-12-21-35(39)40-27-34-32-19-10-8-17-30(32)31-18-9-11-20-33(31)34/h5-11,15-20,26,34H,12-14,21-25,27H2,1-4H3. The van der Waals surface area contributed by atoms with Gasteiger partial charge in [-0.15, -0.1) is 5.10 Å². The van der Waals surface area contributed by atoms with Crippen LogP contribution in [0.15, 0.2) is 85.1 Å². The number of aryl methyl sites for hydroxylation is 1. The Morgan fingerprint density at radius 2 is 1.40 bits per heavy atom. The highest BCUT2D eigenvalue weighted by Gasteiger charge is 2.32. The number of unbranched alkanes of at least 4 members (excludes halogenated alkanes) is 1. The van der Waals surface area contributed by atoms with Crippen molar-refractivity contribution < 1.29 is 13.6 Å². The molecule has 6 nitrogen and oxygen atoms in total. The molecule has 0 atom stereocenters. The first-order valence-electron chi connectivity index (χ1n) is 15.7. The van der Waals surface area contributed by atoms with Crippen molar-refractivity contribution in [2.45, 2.75) is 82.8 Å². The Kier molecular flexibility index (Phi) is 10.1. The lowest BCUT2D eigenvalue weighted by Gasteiger charge is -2.34. The van der Waals surface area contributed by atoms with Crippen LogP contribution in [-0.2, 0) is 26.6 Å². The van der Waals surface area contributed by atoms with Crippen LogP contribution < -0.4 is 0 Å². The first-order chi connectivity index (χ1) is 20.7. The number of ether oxygens (including phenoxy) is 1. The van der Waals surface area contributed by atoms with Crippen molar-refractivity contribution in [3.05, 3.63) is 107 Å². The number of hydrogen-bond donors (Lipinski definition) is 0. The highest BCUT2D eigenvalue weighted by molar-refractivity contribution is 6.84. The molecule has 1 heterocycles. The number of benzene rings is 3. The van der Waals surface area contributed by atoms with Gasteiger partial charge in [0.15, 0.2) is 16.6 Å². The summed E-state index contributed by atoms with van der Waals surface area (Å²) >= 11 is 0. The number of hydrogen-bond acceptors (Lipinski definition) is 5. The molecule has 0 saturated heterocycles. The summed E-state index contributed by atoms with van der Waals surface area (Å²) in [6, 6.07) is 29.5. The molecule has 43 heavy (non-hydrogen) atoms. The first kappa shape index (κ1) is 31.1. The summed E-state index contributed by atoms with van der Waals surface area (Å²) in [5.74, 6) is 0.0150. The highest BCUT2D eigenvalue weighted by atomic mass is 28.4. The summed E-state index contributed by atoms with van der Waals surface area (Å²) < 4.78 is 14.6. The van der Waals surface area contributed by atoms with Gasteiger partial charge in [0.05, 0.1) is 5.69 Å². The minimum atomic E-state index is -1.82. The lowest BCUT2D eigenvalue weighted by Crippen LogP contribution is -2.44. The predicted molar refractivity (Wildman–Crippen MR) is 178 cm³/mol. The van der Waals surface area contributed by atoms with Crippen LogP contribution in [0, 0.1) is 0 Å². The molecular weight excluding hydrogens is 567 g/mol. The van der Waals surface area contributed by atoms with Crippen LogP contribution in [0.25, 0.3) is 11.1 Å². The number of rotatable bonds is 15. The van der Waals surface area contributed by atoms with Gasteiger partial charge in [-0.1, -0.05) is 90.5 Å². The Bertz CT molecular complexity index is 1460. The minimum absolute atomic E-state index is 0.100. The molecule has 0 radical (unpaired) electrons. The van der Waals surface area contributed by atoms with E-state index in [-0.39, 0.29) is 11.9 Å². The van der Waals surface area contributed by atoms with Gasteiger partial charge in [-0.3, -0.25) is 9.48 Å². The minimum Gasteiger partial charge on any atom is -0.465 e. The van der Waals surface area contributed by atoms with E-state index in [2.05, 4.69) is 115 Å². The van der Waals surface area contributed by atoms with E-state index in [9.17, 15) is 4.79 Å². The molecule has 0 aliphatic heterocycles. The zero-order valence-electron chi connectivity index (χ0n) is 26.1. The van der Waals surface area contributed by atoms with Crippen molar-refractivity contribution in [1.29, 1.82) is 0 Å². The SMILES string of the molecule is C[Si](C)(CCCCC(=O)OCC1c2ccccc2-c2ccccc21)O[Si](C)(C)CCCn1cc(Cc2ccccc2)nn1. The average Bonchev–Trinajstić information content (AvgIpc) is 3.56. The fourth-order valence-corrected chi connectivity index (χ4v) is 15.3. The van der Waals surface area contributed by atoms with Gasteiger partial charge in [0.25, 0.3) is 0 Å². The molecule has 0 saturated carbocycles. The molecule has 3 aromatic carbocycles. The molecule has 1 aliphatic carbocycles. The average molecular weight is 612 g/mol. The molecule has 0 unspecified atom stereocenters. The van der Waals surface area contributed by atoms with Crippen LogP contribution in [-0.4, -0.2) is 44.2 Å². The van der Waals surface area contributed by atoms with Crippen LogP contribution in [0.4, 0.5) is 0 Å². The number of carbonyl (C=O) groups excluding carboxylic acids is 1. The maximum absolute atomic E-state index is 12.7. The van der Waals surface area contributed by atoms with E-state index in [4.69, 9.17) is 8.85 Å². The molecule has 4 aromatic rings. The summed E-state index contributed by atoms with van der Waals surface area (Å²) in [5, 5.41) is 8.69. The number of nitrogens with zero attached hydrogens (tertiary/aromatic N) is 3. The smallest absolute Gasteiger partial charge is 0.305 e. The lowest BCUT2D eigenvalue weighted by molar-refractivity contribution is -0.144. The van der Waals surface area contributed by atoms with Gasteiger partial charge in [0, 0.05) is 31.5 Å². The summed E-state index contributed by atoms with van der Waals surface area (Å²) in [5.41, 5.74) is 7.27. The van der Waals surface area contributed by atoms with Crippen LogP contribution >= 0.6 is 0 Å². The Morgan fingerprint density at radius 1 is 0.791 bits per heavy atom. The summed E-state index contributed by atoms with van der Waals surface area (Å²) in [6.07, 6.45) is 6.22. The molecule has 0 spiro atoms. The Balaban J connectivity index is 0.994. The molecule has 0 amide bonds. The van der Waals surface area contributed by atoms with Crippen molar-refractivity contribution in [2.75, 3.05) is 6.61 Å². The van der Waals surface area contributed by atoms with Crippen molar-refractivity contribution >= 4 is 22.6 Å². The number of fused-ring (bicyclic) bond motifs is 3. The van der Waals surface area contributed by atoms with Crippen LogP contribution in [0.1, 0.15) is 54.0 Å². The molecule has 5 rings (SSSR count). The maximum atomic E-state index is 12.7. The fraction of sp³-hybridized carbons (Fsp3) is 0.400. The summed E-state index contributed by atoms with van der Waals surface area (Å²) in [7, 11) is -3.63. The second kappa shape index (κ2) is 14.0. The third-order valence-electron chi connectivity index (χ3n) is 8.32. The second-order valence-corrected chi connectivity index (χ2v) is 21.8. The number of carbonyl (C=O) groups is 1. The van der Waals surface area contributed by atoms with Gasteiger partial charge in [-0.25, -0.2) is 0 Å². The van der Waals surface area contributed by atoms with Crippen LogP contribution in [0.5, 0.6) is 0 Å². The zero-order chi connectivity index (χ0) is 30.3. The van der Waals surface area contributed by atoms with Gasteiger partial charge < -0.3 is 8.85 Å². The van der Waals surface area contributed by atoms with Crippen molar-refractivity contribution in [3.8, 4) is 11.1 Å². The Morgan fingerprint density at radius 3 is 2.07 bits per heavy atom. The largest absolute Gasteiger partial charge is 0.465 e. The van der Waals surface area contributed by atoms with Crippen molar-refractivity contribution in [3.63, 3.8) is 0 Å². The first-order valence-corrected chi connectivity index (χ1v) is 21.9. The Hall–Kier alpha value is -3.34. The predicted octanol–water partition coefficient (Wildman–Crippen LogP) is 8.21. The van der Waals surface area contributed by atoms with Crippen molar-refractivity contribution in [2.24, 2.45) is 0 Å². The molecule has 0 fully saturated rings. The quantitative estimate of drug-likeness (QED) is 0.0770. The molecular formula is C35H45N3O3Si2. The summed E-state index contributed by atoms with van der Waals surface area (Å²) in [4.78, 5) is 12.7. The van der Waals surface area contributed by atoms with E-state index < -0.39 is 16.6 Å². The third kappa shape index (κ3) is 8.62. The number of esters is 1. The normalized spacial score (nSPS) is 13.1. The van der Waals surface area contributed by atoms with Gasteiger partial charge in [-0.05, 0) is 78.9 Å². The topological polar surface area (TPSA) is 66.2 Å².